The number of carbonyl (C=O) groups excluding carboxylic acids is 3. The fraction of sp³-hybridized carbons (Fsp3) is 0.295. The van der Waals surface area contributed by atoms with E-state index in [0.29, 0.717) is 36.6 Å². The molecular weight excluding hydrogens is 745 g/mol. The summed E-state index contributed by atoms with van der Waals surface area (Å²) in [6.07, 6.45) is 3.69. The fourth-order valence-corrected chi connectivity index (χ4v) is 8.47. The number of nitrogens with one attached hydrogen (secondary N) is 1. The second-order valence-electron chi connectivity index (χ2n) is 14.8. The molecule has 3 amide bonds. The molecule has 1 unspecified atom stereocenters. The summed E-state index contributed by atoms with van der Waals surface area (Å²) in [4.78, 5) is 43.7. The highest BCUT2D eigenvalue weighted by atomic mass is 32.2. The van der Waals surface area contributed by atoms with Gasteiger partial charge in [0, 0.05) is 67.6 Å². The number of anilines is 1. The van der Waals surface area contributed by atoms with Crippen molar-refractivity contribution in [2.24, 2.45) is 0 Å². The Bertz CT molecular complexity index is 2450. The number of phenols is 1. The van der Waals surface area contributed by atoms with Gasteiger partial charge in [-0.25, -0.2) is 8.42 Å². The molecule has 5 aromatic carbocycles. The number of unbranched alkanes of at least 4 members (excludes halogenated alkanes) is 1. The Balaban J connectivity index is 0.807. The first-order valence-electron chi connectivity index (χ1n) is 19.2. The lowest BCUT2D eigenvalue weighted by Crippen LogP contribution is -2.52. The summed E-state index contributed by atoms with van der Waals surface area (Å²) in [6.45, 7) is 5.58. The summed E-state index contributed by atoms with van der Waals surface area (Å²) in [5.74, 6) is 1.26. The van der Waals surface area contributed by atoms with Gasteiger partial charge in [-0.05, 0) is 121 Å². The van der Waals surface area contributed by atoms with Crippen LogP contribution in [0.25, 0.3) is 21.9 Å². The lowest BCUT2D eigenvalue weighted by molar-refractivity contribution is -0.136. The number of carbonyl (C=O) groups is 3. The van der Waals surface area contributed by atoms with Crippen molar-refractivity contribution in [2.75, 3.05) is 50.5 Å². The first kappa shape index (κ1) is 38.0. The van der Waals surface area contributed by atoms with Crippen LogP contribution in [0.4, 0.5) is 5.69 Å². The van der Waals surface area contributed by atoms with Gasteiger partial charge in [-0.3, -0.25) is 24.6 Å². The number of aromatic hydroxyl groups is 1. The van der Waals surface area contributed by atoms with E-state index in [1.54, 1.807) is 41.3 Å². The molecule has 0 radical (unpaired) electrons. The minimum absolute atomic E-state index is 0.151. The zero-order valence-electron chi connectivity index (χ0n) is 31.6. The molecule has 13 heteroatoms. The van der Waals surface area contributed by atoms with Crippen molar-refractivity contribution in [3.63, 3.8) is 0 Å². The van der Waals surface area contributed by atoms with Crippen LogP contribution in [0.2, 0.25) is 0 Å². The van der Waals surface area contributed by atoms with E-state index in [1.165, 1.54) is 6.26 Å². The van der Waals surface area contributed by atoms with Crippen LogP contribution in [0.1, 0.15) is 41.6 Å². The van der Waals surface area contributed by atoms with Crippen molar-refractivity contribution < 1.29 is 37.4 Å². The largest absolute Gasteiger partial charge is 0.508 e. The molecule has 0 spiro atoms. The maximum absolute atomic E-state index is 13.1. The molecule has 1 atom stereocenters. The fourth-order valence-electron chi connectivity index (χ4n) is 7.84. The number of phenolic OH excluding ortho intramolecular Hbond substituents is 1. The first-order valence-corrected chi connectivity index (χ1v) is 21.1. The van der Waals surface area contributed by atoms with Crippen LogP contribution in [0.5, 0.6) is 23.0 Å². The van der Waals surface area contributed by atoms with Crippen molar-refractivity contribution in [1.29, 1.82) is 0 Å². The number of sulfone groups is 1. The summed E-state index contributed by atoms with van der Waals surface area (Å²) in [5, 5.41) is 14.1. The zero-order valence-corrected chi connectivity index (χ0v) is 32.5. The molecule has 2 saturated heterocycles. The maximum Gasteiger partial charge on any atom is 0.255 e. The Morgan fingerprint density at radius 1 is 0.807 bits per heavy atom. The van der Waals surface area contributed by atoms with Gasteiger partial charge in [-0.15, -0.1) is 0 Å². The van der Waals surface area contributed by atoms with Crippen molar-refractivity contribution in [2.45, 2.75) is 43.2 Å². The van der Waals surface area contributed by atoms with E-state index in [-0.39, 0.29) is 28.9 Å². The zero-order chi connectivity index (χ0) is 39.7. The molecule has 5 aromatic rings. The number of imide groups is 1. The summed E-state index contributed by atoms with van der Waals surface area (Å²) >= 11 is 0. The van der Waals surface area contributed by atoms with Gasteiger partial charge in [-0.1, -0.05) is 18.2 Å². The molecule has 3 aliphatic rings. The number of hydrogen-bond acceptors (Lipinski definition) is 10. The number of piperazine rings is 1. The highest BCUT2D eigenvalue weighted by Gasteiger charge is 2.39. The minimum Gasteiger partial charge on any atom is -0.508 e. The van der Waals surface area contributed by atoms with E-state index in [4.69, 9.17) is 9.47 Å². The smallest absolute Gasteiger partial charge is 0.255 e. The van der Waals surface area contributed by atoms with E-state index in [1.807, 2.05) is 54.6 Å². The van der Waals surface area contributed by atoms with Crippen LogP contribution >= 0.6 is 0 Å². The van der Waals surface area contributed by atoms with Crippen molar-refractivity contribution in [3.05, 3.63) is 108 Å². The molecule has 2 N–H and O–H groups in total. The SMILES string of the molecule is CS(=O)(=O)c1ccc(-c2ccc3cc(O)ccc3c2Oc2ccc(OCCCCN3CCN(c4ccc5c(c4)CN(C4CCC(=O)NC4=O)C5=O)CC3)cc2)cc1. The molecule has 3 aliphatic heterocycles. The second-order valence-corrected chi connectivity index (χ2v) is 16.9. The number of fused-ring (bicyclic) bond motifs is 2. The van der Waals surface area contributed by atoms with E-state index in [2.05, 4.69) is 21.2 Å². The Kier molecular flexibility index (Phi) is 10.6. The lowest BCUT2D eigenvalue weighted by Gasteiger charge is -2.36. The molecule has 12 nitrogen and oxygen atoms in total. The van der Waals surface area contributed by atoms with Gasteiger partial charge >= 0.3 is 0 Å². The molecule has 3 heterocycles. The van der Waals surface area contributed by atoms with Gasteiger partial charge in [0.15, 0.2) is 9.84 Å². The van der Waals surface area contributed by atoms with Crippen molar-refractivity contribution in [3.8, 4) is 34.1 Å². The van der Waals surface area contributed by atoms with Gasteiger partial charge in [-0.2, -0.15) is 0 Å². The van der Waals surface area contributed by atoms with Gasteiger partial charge in [0.2, 0.25) is 11.8 Å². The summed E-state index contributed by atoms with van der Waals surface area (Å²) < 4.78 is 36.6. The topological polar surface area (TPSA) is 146 Å². The number of ether oxygens (including phenoxy) is 2. The summed E-state index contributed by atoms with van der Waals surface area (Å²) in [6, 6.07) is 28.4. The normalized spacial score (nSPS) is 17.5. The first-order chi connectivity index (χ1) is 27.5. The number of nitrogens with zero attached hydrogens (tertiary/aromatic N) is 3. The van der Waals surface area contributed by atoms with E-state index < -0.39 is 21.8 Å². The third-order valence-corrected chi connectivity index (χ3v) is 12.1. The highest BCUT2D eigenvalue weighted by Crippen LogP contribution is 2.41. The molecular formula is C44H44N4O8S. The molecule has 0 bridgehead atoms. The molecule has 57 heavy (non-hydrogen) atoms. The summed E-state index contributed by atoms with van der Waals surface area (Å²) in [7, 11) is -3.33. The van der Waals surface area contributed by atoms with Crippen LogP contribution in [-0.2, 0) is 26.0 Å². The monoisotopic (exact) mass is 788 g/mol. The average Bonchev–Trinajstić information content (AvgIpc) is 3.53. The van der Waals surface area contributed by atoms with Crippen LogP contribution < -0.4 is 19.7 Å². The van der Waals surface area contributed by atoms with Crippen LogP contribution in [0.3, 0.4) is 0 Å². The Morgan fingerprint density at radius 3 is 2.28 bits per heavy atom. The number of piperidine rings is 1. The van der Waals surface area contributed by atoms with Gasteiger partial charge in [0.05, 0.1) is 11.5 Å². The van der Waals surface area contributed by atoms with E-state index in [0.717, 1.165) is 84.5 Å². The number of rotatable bonds is 12. The lowest BCUT2D eigenvalue weighted by atomic mass is 9.99. The highest BCUT2D eigenvalue weighted by molar-refractivity contribution is 7.90. The quantitative estimate of drug-likeness (QED) is 0.112. The standard InChI is InChI=1S/C44H44N4O8S/c1-57(53,54)36-13-4-29(5-14-36)37-15-6-30-27-33(49)8-17-38(30)42(37)56-35-11-9-34(10-12-35)55-25-3-2-20-46-21-23-47(24-22-46)32-7-16-39-31(26-32)28-48(44(39)52)40-18-19-41(50)45-43(40)51/h4-17,26-27,40,49H,2-3,18-25,28H2,1H3,(H,45,50,51). The second kappa shape index (κ2) is 15.9. The molecule has 0 aliphatic carbocycles. The van der Waals surface area contributed by atoms with E-state index >= 15 is 0 Å². The van der Waals surface area contributed by atoms with Crippen molar-refractivity contribution in [1.82, 2.24) is 15.1 Å². The third-order valence-electron chi connectivity index (χ3n) is 11.0. The Hall–Kier alpha value is -5.92. The van der Waals surface area contributed by atoms with Gasteiger partial charge in [0.25, 0.3) is 5.91 Å². The molecule has 2 fully saturated rings. The van der Waals surface area contributed by atoms with Gasteiger partial charge in [0.1, 0.15) is 29.0 Å². The summed E-state index contributed by atoms with van der Waals surface area (Å²) in [5.41, 5.74) is 4.22. The number of amides is 3. The Morgan fingerprint density at radius 2 is 1.54 bits per heavy atom. The average molecular weight is 789 g/mol. The van der Waals surface area contributed by atoms with Crippen LogP contribution in [-0.4, -0.2) is 92.7 Å². The van der Waals surface area contributed by atoms with E-state index in [9.17, 15) is 27.9 Å². The molecule has 294 valence electrons. The Labute approximate surface area is 331 Å². The van der Waals surface area contributed by atoms with Crippen molar-refractivity contribution >= 4 is 44.0 Å². The maximum atomic E-state index is 13.1. The number of hydrogen-bond donors (Lipinski definition) is 2. The predicted octanol–water partition coefficient (Wildman–Crippen LogP) is 6.15. The van der Waals surface area contributed by atoms with Crippen LogP contribution in [0.15, 0.2) is 102 Å². The molecule has 0 saturated carbocycles. The minimum atomic E-state index is -3.33. The third kappa shape index (κ3) is 8.30. The predicted molar refractivity (Wildman–Crippen MR) is 217 cm³/mol. The number of benzene rings is 5. The molecule has 0 aromatic heterocycles. The molecule has 8 rings (SSSR count). The van der Waals surface area contributed by atoms with Crippen LogP contribution in [0, 0.1) is 0 Å². The van der Waals surface area contributed by atoms with Gasteiger partial charge < -0.3 is 24.4 Å².